The molecule has 0 spiro atoms. The molecule has 20 heavy (non-hydrogen) atoms. The van der Waals surface area contributed by atoms with Gasteiger partial charge < -0.3 is 14.4 Å². The molecular formula is C15H18N2O3. The first-order valence-corrected chi connectivity index (χ1v) is 6.46. The molecule has 2 rings (SSSR count). The predicted molar refractivity (Wildman–Crippen MR) is 74.9 cm³/mol. The zero-order chi connectivity index (χ0) is 14.5. The zero-order valence-electron chi connectivity index (χ0n) is 11.6. The Morgan fingerprint density at radius 2 is 2.10 bits per heavy atom. The fourth-order valence-corrected chi connectivity index (χ4v) is 1.85. The van der Waals surface area contributed by atoms with Crippen LogP contribution in [0, 0.1) is 6.92 Å². The van der Waals surface area contributed by atoms with Crippen LogP contribution >= 0.6 is 0 Å². The number of carbonyl (C=O) groups excluding carboxylic acids is 1. The first kappa shape index (κ1) is 14.3. The van der Waals surface area contributed by atoms with Gasteiger partial charge in [0, 0.05) is 18.0 Å². The van der Waals surface area contributed by atoms with Gasteiger partial charge in [-0.3, -0.25) is 4.79 Å². The van der Waals surface area contributed by atoms with Gasteiger partial charge in [-0.05, 0) is 38.1 Å². The van der Waals surface area contributed by atoms with Crippen molar-refractivity contribution in [3.8, 4) is 5.75 Å². The van der Waals surface area contributed by atoms with Crippen molar-refractivity contribution in [2.24, 2.45) is 0 Å². The summed E-state index contributed by atoms with van der Waals surface area (Å²) in [5.74, 6) is 1.51. The number of aliphatic hydroxyl groups excluding tert-OH is 1. The average molecular weight is 274 g/mol. The second-order valence-electron chi connectivity index (χ2n) is 4.67. The molecule has 0 aliphatic rings. The minimum absolute atomic E-state index is 0.0205. The summed E-state index contributed by atoms with van der Waals surface area (Å²) in [4.78, 5) is 15.2. The largest absolute Gasteiger partial charge is 0.491 e. The number of nitrogens with zero attached hydrogens (tertiary/aromatic N) is 2. The summed E-state index contributed by atoms with van der Waals surface area (Å²) in [6.07, 6.45) is 2.90. The Bertz CT molecular complexity index is 575. The van der Waals surface area contributed by atoms with E-state index in [-0.39, 0.29) is 12.4 Å². The van der Waals surface area contributed by atoms with E-state index in [4.69, 9.17) is 4.74 Å². The van der Waals surface area contributed by atoms with E-state index in [1.54, 1.807) is 30.5 Å². The minimum atomic E-state index is -0.615. The number of aliphatic hydroxyl groups is 1. The lowest BCUT2D eigenvalue weighted by atomic mass is 10.1. The summed E-state index contributed by atoms with van der Waals surface area (Å²) in [5.41, 5.74) is 0.645. The molecule has 0 unspecified atom stereocenters. The molecule has 1 N–H and O–H groups in total. The van der Waals surface area contributed by atoms with Crippen molar-refractivity contribution in [1.29, 1.82) is 0 Å². The molecule has 0 fully saturated rings. The predicted octanol–water partition coefficient (Wildman–Crippen LogP) is 1.83. The second kappa shape index (κ2) is 6.34. The fourth-order valence-electron chi connectivity index (χ4n) is 1.85. The SMILES string of the molecule is CC(=O)c1ccc(OC[C@@H](O)Cn2ccnc2C)cc1. The van der Waals surface area contributed by atoms with Gasteiger partial charge >= 0.3 is 0 Å². The third-order valence-electron chi connectivity index (χ3n) is 3.03. The van der Waals surface area contributed by atoms with Crippen molar-refractivity contribution in [3.05, 3.63) is 48.0 Å². The van der Waals surface area contributed by atoms with Crippen molar-refractivity contribution < 1.29 is 14.6 Å². The molecule has 5 heteroatoms. The first-order valence-electron chi connectivity index (χ1n) is 6.46. The van der Waals surface area contributed by atoms with E-state index in [1.165, 1.54) is 6.92 Å². The number of aromatic nitrogens is 2. The third kappa shape index (κ3) is 3.68. The number of hydrogen-bond donors (Lipinski definition) is 1. The van der Waals surface area contributed by atoms with E-state index in [1.807, 2.05) is 17.7 Å². The minimum Gasteiger partial charge on any atom is -0.491 e. The van der Waals surface area contributed by atoms with Crippen molar-refractivity contribution in [2.45, 2.75) is 26.5 Å². The maximum atomic E-state index is 11.1. The molecule has 0 aliphatic carbocycles. The molecule has 1 aromatic carbocycles. The lowest BCUT2D eigenvalue weighted by molar-refractivity contribution is 0.0918. The number of carbonyl (C=O) groups is 1. The average Bonchev–Trinajstić information content (AvgIpc) is 2.82. The van der Waals surface area contributed by atoms with Crippen LogP contribution in [0.4, 0.5) is 0 Å². The Morgan fingerprint density at radius 3 is 2.65 bits per heavy atom. The molecule has 106 valence electrons. The molecule has 0 saturated heterocycles. The molecule has 5 nitrogen and oxygen atoms in total. The first-order chi connectivity index (χ1) is 9.56. The monoisotopic (exact) mass is 274 g/mol. The van der Waals surface area contributed by atoms with E-state index in [0.717, 1.165) is 5.82 Å². The zero-order valence-corrected chi connectivity index (χ0v) is 11.6. The van der Waals surface area contributed by atoms with Gasteiger partial charge in [-0.25, -0.2) is 4.98 Å². The molecule has 1 atom stereocenters. The van der Waals surface area contributed by atoms with Gasteiger partial charge in [0.05, 0.1) is 6.54 Å². The van der Waals surface area contributed by atoms with Gasteiger partial charge in [0.2, 0.25) is 0 Å². The van der Waals surface area contributed by atoms with Crippen LogP contribution in [0.5, 0.6) is 5.75 Å². The van der Waals surface area contributed by atoms with Crippen LogP contribution in [0.25, 0.3) is 0 Å². The van der Waals surface area contributed by atoms with Crippen molar-refractivity contribution in [3.63, 3.8) is 0 Å². The molecule has 0 radical (unpaired) electrons. The van der Waals surface area contributed by atoms with Crippen LogP contribution in [-0.4, -0.2) is 33.2 Å². The van der Waals surface area contributed by atoms with E-state index in [2.05, 4.69) is 4.98 Å². The van der Waals surface area contributed by atoms with Crippen molar-refractivity contribution in [1.82, 2.24) is 9.55 Å². The summed E-state index contributed by atoms with van der Waals surface area (Å²) in [7, 11) is 0. The number of hydrogen-bond acceptors (Lipinski definition) is 4. The van der Waals surface area contributed by atoms with Crippen LogP contribution in [0.2, 0.25) is 0 Å². The number of imidazole rings is 1. The number of rotatable bonds is 6. The van der Waals surface area contributed by atoms with Crippen LogP contribution in [-0.2, 0) is 6.54 Å². The maximum Gasteiger partial charge on any atom is 0.159 e. The number of aryl methyl sites for hydroxylation is 1. The summed E-state index contributed by atoms with van der Waals surface area (Å²) in [6.45, 7) is 4.04. The van der Waals surface area contributed by atoms with Crippen molar-refractivity contribution >= 4 is 5.78 Å². The molecule has 0 amide bonds. The fraction of sp³-hybridized carbons (Fsp3) is 0.333. The quantitative estimate of drug-likeness (QED) is 0.816. The van der Waals surface area contributed by atoms with E-state index in [0.29, 0.717) is 17.9 Å². The van der Waals surface area contributed by atoms with Gasteiger partial charge in [-0.2, -0.15) is 0 Å². The van der Waals surface area contributed by atoms with E-state index >= 15 is 0 Å². The van der Waals surface area contributed by atoms with Gasteiger partial charge in [0.1, 0.15) is 24.3 Å². The third-order valence-corrected chi connectivity index (χ3v) is 3.03. The van der Waals surface area contributed by atoms with Gasteiger partial charge in [0.15, 0.2) is 5.78 Å². The van der Waals surface area contributed by atoms with E-state index in [9.17, 15) is 9.90 Å². The van der Waals surface area contributed by atoms with Crippen LogP contribution in [0.1, 0.15) is 23.1 Å². The summed E-state index contributed by atoms with van der Waals surface area (Å²) < 4.78 is 7.36. The highest BCUT2D eigenvalue weighted by Crippen LogP contribution is 2.13. The molecule has 1 heterocycles. The molecule has 0 saturated carbocycles. The molecule has 1 aromatic heterocycles. The Balaban J connectivity index is 1.85. The van der Waals surface area contributed by atoms with Crippen molar-refractivity contribution in [2.75, 3.05) is 6.61 Å². The maximum absolute atomic E-state index is 11.1. The number of ether oxygens (including phenoxy) is 1. The number of ketones is 1. The smallest absolute Gasteiger partial charge is 0.159 e. The topological polar surface area (TPSA) is 64.3 Å². The summed E-state index contributed by atoms with van der Waals surface area (Å²) >= 11 is 0. The Kier molecular flexibility index (Phi) is 4.53. The normalized spacial score (nSPS) is 12.2. The Hall–Kier alpha value is -2.14. The number of Topliss-reactive ketones (excluding diaryl/α,β-unsaturated/α-hetero) is 1. The highest BCUT2D eigenvalue weighted by Gasteiger charge is 2.08. The second-order valence-corrected chi connectivity index (χ2v) is 4.67. The van der Waals surface area contributed by atoms with Gasteiger partial charge in [-0.1, -0.05) is 0 Å². The molecule has 2 aromatic rings. The lowest BCUT2D eigenvalue weighted by Gasteiger charge is -2.14. The Morgan fingerprint density at radius 1 is 1.40 bits per heavy atom. The molecule has 0 bridgehead atoms. The van der Waals surface area contributed by atoms with Crippen LogP contribution in [0.15, 0.2) is 36.7 Å². The van der Waals surface area contributed by atoms with Gasteiger partial charge in [0.25, 0.3) is 0 Å². The van der Waals surface area contributed by atoms with E-state index < -0.39 is 6.10 Å². The molecular weight excluding hydrogens is 256 g/mol. The number of benzene rings is 1. The highest BCUT2D eigenvalue weighted by molar-refractivity contribution is 5.94. The lowest BCUT2D eigenvalue weighted by Crippen LogP contribution is -2.23. The summed E-state index contributed by atoms with van der Waals surface area (Å²) in [5, 5.41) is 9.92. The van der Waals surface area contributed by atoms with Crippen LogP contribution < -0.4 is 4.74 Å². The van der Waals surface area contributed by atoms with Crippen LogP contribution in [0.3, 0.4) is 0 Å². The standard InChI is InChI=1S/C15H18N2O3/c1-11(18)13-3-5-15(6-4-13)20-10-14(19)9-17-8-7-16-12(17)2/h3-8,14,19H,9-10H2,1-2H3/t14-/m0/s1. The highest BCUT2D eigenvalue weighted by atomic mass is 16.5. The summed E-state index contributed by atoms with van der Waals surface area (Å²) in [6, 6.07) is 6.88. The molecule has 0 aliphatic heterocycles. The Labute approximate surface area is 117 Å². The van der Waals surface area contributed by atoms with Gasteiger partial charge in [-0.15, -0.1) is 0 Å².